The maximum absolute atomic E-state index is 9.81. The predicted octanol–water partition coefficient (Wildman–Crippen LogP) is 7.78. The molecule has 9 heteroatoms. The molecule has 0 saturated carbocycles. The summed E-state index contributed by atoms with van der Waals surface area (Å²) < 4.78 is 17.2. The smallest absolute Gasteiger partial charge is 0.113 e. The molecule has 0 aliphatic heterocycles. The maximum Gasteiger partial charge on any atom is 0.113 e. The fourth-order valence-corrected chi connectivity index (χ4v) is 5.82. The summed E-state index contributed by atoms with van der Waals surface area (Å²) in [6, 6.07) is 20.1. The second-order valence-corrected chi connectivity index (χ2v) is 10.3. The van der Waals surface area contributed by atoms with Gasteiger partial charge in [-0.2, -0.15) is 28.0 Å². The number of nitriles is 2. The van der Waals surface area contributed by atoms with Crippen LogP contribution < -0.4 is 0 Å². The van der Waals surface area contributed by atoms with Crippen molar-refractivity contribution in [3.8, 4) is 12.1 Å². The van der Waals surface area contributed by atoms with Crippen molar-refractivity contribution in [3.63, 3.8) is 0 Å². The summed E-state index contributed by atoms with van der Waals surface area (Å²) in [5.74, 6) is 0. The van der Waals surface area contributed by atoms with Gasteiger partial charge in [0, 0.05) is 20.9 Å². The number of benzene rings is 2. The van der Waals surface area contributed by atoms with Crippen molar-refractivity contribution in [1.82, 2.24) is 17.5 Å². The number of fused-ring (bicyclic) bond motifs is 2. The summed E-state index contributed by atoms with van der Waals surface area (Å²) in [6.45, 7) is 4.02. The molecule has 3 heterocycles. The van der Waals surface area contributed by atoms with Gasteiger partial charge in [0.2, 0.25) is 0 Å². The molecule has 0 fully saturated rings. The number of rotatable bonds is 6. The van der Waals surface area contributed by atoms with Crippen molar-refractivity contribution >= 4 is 79.7 Å². The van der Waals surface area contributed by atoms with Gasteiger partial charge in [-0.15, -0.1) is 11.3 Å². The zero-order valence-corrected chi connectivity index (χ0v) is 22.3. The summed E-state index contributed by atoms with van der Waals surface area (Å²) in [5, 5.41) is 19.6. The highest BCUT2D eigenvalue weighted by Gasteiger charge is 2.11. The van der Waals surface area contributed by atoms with E-state index in [9.17, 15) is 10.5 Å². The van der Waals surface area contributed by atoms with Crippen molar-refractivity contribution < 1.29 is 0 Å². The van der Waals surface area contributed by atoms with E-state index in [1.807, 2.05) is 80.6 Å². The van der Waals surface area contributed by atoms with Gasteiger partial charge in [-0.1, -0.05) is 36.4 Å². The van der Waals surface area contributed by atoms with Crippen LogP contribution in [0.4, 0.5) is 0 Å². The molecule has 5 aromatic rings. The standard InChI is InChI=1S/C28H18N6S3/c1-17(13-19(15-29)22-5-3-7-24-27(22)33-36-31-24)9-10-18(2)26-12-11-21(35-26)14-20(16-30)23-6-4-8-25-28(23)34-37-32-25/h3-14H,1-2H3/b17-9+,18-10+,19-13+,20-14+. The van der Waals surface area contributed by atoms with Crippen LogP contribution in [0.25, 0.3) is 44.9 Å². The van der Waals surface area contributed by atoms with Crippen LogP contribution in [-0.2, 0) is 0 Å². The maximum atomic E-state index is 9.81. The minimum Gasteiger partial charge on any atom is -0.192 e. The van der Waals surface area contributed by atoms with Crippen LogP contribution in [0.15, 0.2) is 72.3 Å². The van der Waals surface area contributed by atoms with Gasteiger partial charge in [0.15, 0.2) is 0 Å². The Morgan fingerprint density at radius 1 is 0.757 bits per heavy atom. The molecule has 2 aromatic carbocycles. The number of thiophene rings is 1. The first-order valence-electron chi connectivity index (χ1n) is 11.2. The lowest BCUT2D eigenvalue weighted by Crippen LogP contribution is -1.85. The molecular weight excluding hydrogens is 517 g/mol. The largest absolute Gasteiger partial charge is 0.192 e. The van der Waals surface area contributed by atoms with Crippen molar-refractivity contribution in [2.24, 2.45) is 0 Å². The Hall–Kier alpha value is -4.28. The lowest BCUT2D eigenvalue weighted by atomic mass is 10.0. The molecule has 3 aromatic heterocycles. The van der Waals surface area contributed by atoms with Crippen LogP contribution in [0.3, 0.4) is 0 Å². The zero-order chi connectivity index (χ0) is 25.8. The lowest BCUT2D eigenvalue weighted by molar-refractivity contribution is 1.48. The molecule has 0 unspecified atom stereocenters. The summed E-state index contributed by atoms with van der Waals surface area (Å²) in [6.07, 6.45) is 7.80. The topological polar surface area (TPSA) is 99.1 Å². The lowest BCUT2D eigenvalue weighted by Gasteiger charge is -2.01. The van der Waals surface area contributed by atoms with Gasteiger partial charge in [0.1, 0.15) is 22.1 Å². The third kappa shape index (κ3) is 5.16. The molecule has 6 nitrogen and oxygen atoms in total. The molecule has 0 saturated heterocycles. The minimum atomic E-state index is 0.552. The van der Waals surface area contributed by atoms with Gasteiger partial charge in [0.05, 0.1) is 46.7 Å². The third-order valence-electron chi connectivity index (χ3n) is 5.66. The van der Waals surface area contributed by atoms with E-state index in [4.69, 9.17) is 0 Å². The Kier molecular flexibility index (Phi) is 7.11. The van der Waals surface area contributed by atoms with Gasteiger partial charge in [-0.25, -0.2) is 0 Å². The number of nitrogens with zero attached hydrogens (tertiary/aromatic N) is 6. The Bertz CT molecular complexity index is 1830. The summed E-state index contributed by atoms with van der Waals surface area (Å²) in [5.41, 5.74) is 7.81. The summed E-state index contributed by atoms with van der Waals surface area (Å²) in [7, 11) is 0. The zero-order valence-electron chi connectivity index (χ0n) is 19.8. The first kappa shape index (κ1) is 24.4. The van der Waals surface area contributed by atoms with Crippen LogP contribution >= 0.6 is 34.8 Å². The summed E-state index contributed by atoms with van der Waals surface area (Å²) >= 11 is 3.91. The minimum absolute atomic E-state index is 0.552. The molecule has 0 spiro atoms. The van der Waals surface area contributed by atoms with Gasteiger partial charge < -0.3 is 0 Å². The van der Waals surface area contributed by atoms with Gasteiger partial charge >= 0.3 is 0 Å². The monoisotopic (exact) mass is 534 g/mol. The van der Waals surface area contributed by atoms with Gasteiger partial charge in [0.25, 0.3) is 0 Å². The molecular formula is C28H18N6S3. The molecule has 0 bridgehead atoms. The second-order valence-electron chi connectivity index (χ2n) is 8.18. The van der Waals surface area contributed by atoms with Crippen LogP contribution in [0.2, 0.25) is 0 Å². The number of hydrogen-bond acceptors (Lipinski definition) is 9. The van der Waals surface area contributed by atoms with E-state index in [-0.39, 0.29) is 0 Å². The quantitative estimate of drug-likeness (QED) is 0.163. The van der Waals surface area contributed by atoms with E-state index in [1.54, 1.807) is 11.3 Å². The van der Waals surface area contributed by atoms with Crippen LogP contribution in [0.5, 0.6) is 0 Å². The first-order chi connectivity index (χ1) is 18.1. The molecule has 0 N–H and O–H groups in total. The van der Waals surface area contributed by atoms with E-state index < -0.39 is 0 Å². The second kappa shape index (κ2) is 10.8. The Balaban J connectivity index is 1.39. The van der Waals surface area contributed by atoms with E-state index in [1.165, 1.54) is 0 Å². The molecule has 5 rings (SSSR count). The van der Waals surface area contributed by atoms with Crippen molar-refractivity contribution in [2.75, 3.05) is 0 Å². The molecule has 0 atom stereocenters. The fraction of sp³-hybridized carbons (Fsp3) is 0.0714. The SMILES string of the molecule is CC(/C=C(\C#N)c1cccc2nsnc12)=C\C=C(/C)c1ccc(/C=C(\C#N)c2cccc3nsnc23)s1. The number of aromatic nitrogens is 4. The van der Waals surface area contributed by atoms with Crippen molar-refractivity contribution in [3.05, 3.63) is 93.2 Å². The molecule has 0 aliphatic rings. The van der Waals surface area contributed by atoms with Crippen LogP contribution in [-0.4, -0.2) is 17.5 Å². The van der Waals surface area contributed by atoms with Crippen molar-refractivity contribution in [2.45, 2.75) is 13.8 Å². The highest BCUT2D eigenvalue weighted by atomic mass is 32.1. The number of hydrogen-bond donors (Lipinski definition) is 0. The fourth-order valence-electron chi connectivity index (χ4n) is 3.79. The molecule has 0 radical (unpaired) electrons. The highest BCUT2D eigenvalue weighted by molar-refractivity contribution is 7.14. The molecule has 37 heavy (non-hydrogen) atoms. The van der Waals surface area contributed by atoms with Crippen LogP contribution in [0.1, 0.15) is 34.7 Å². The van der Waals surface area contributed by atoms with Crippen LogP contribution in [0, 0.1) is 22.7 Å². The number of allylic oxidation sites excluding steroid dienone is 7. The average molecular weight is 535 g/mol. The highest BCUT2D eigenvalue weighted by Crippen LogP contribution is 2.30. The predicted molar refractivity (Wildman–Crippen MR) is 154 cm³/mol. The van der Waals surface area contributed by atoms with E-state index in [2.05, 4.69) is 35.7 Å². The molecule has 178 valence electrons. The normalized spacial score (nSPS) is 13.2. The Morgan fingerprint density at radius 3 is 2.00 bits per heavy atom. The Morgan fingerprint density at radius 2 is 1.38 bits per heavy atom. The molecule has 0 aliphatic carbocycles. The first-order valence-corrected chi connectivity index (χ1v) is 13.5. The third-order valence-corrected chi connectivity index (χ3v) is 7.92. The Labute approximate surface area is 226 Å². The van der Waals surface area contributed by atoms with Gasteiger partial charge in [-0.05, 0) is 61.4 Å². The van der Waals surface area contributed by atoms with E-state index in [0.717, 1.165) is 77.6 Å². The van der Waals surface area contributed by atoms with Gasteiger partial charge in [-0.3, -0.25) is 0 Å². The average Bonchev–Trinajstić information content (AvgIpc) is 3.69. The summed E-state index contributed by atoms with van der Waals surface area (Å²) in [4.78, 5) is 2.08. The van der Waals surface area contributed by atoms with E-state index in [0.29, 0.717) is 11.1 Å². The van der Waals surface area contributed by atoms with Crippen molar-refractivity contribution in [1.29, 1.82) is 10.5 Å². The molecule has 0 amide bonds. The van der Waals surface area contributed by atoms with E-state index >= 15 is 0 Å².